The maximum absolute atomic E-state index is 12.6. The summed E-state index contributed by atoms with van der Waals surface area (Å²) in [5.41, 5.74) is -0.846. The topological polar surface area (TPSA) is 45.1 Å². The van der Waals surface area contributed by atoms with Crippen LogP contribution in [0, 0.1) is 5.92 Å². The van der Waals surface area contributed by atoms with Gasteiger partial charge in [-0.05, 0) is 24.5 Å². The zero-order chi connectivity index (χ0) is 14.6. The van der Waals surface area contributed by atoms with Crippen molar-refractivity contribution < 1.29 is 18.3 Å². The van der Waals surface area contributed by atoms with Gasteiger partial charge in [-0.1, -0.05) is 25.4 Å². The van der Waals surface area contributed by atoms with E-state index in [1.807, 2.05) is 13.8 Å². The Balaban J connectivity index is 2.97. The molecule has 0 saturated heterocycles. The second kappa shape index (κ2) is 6.43. The summed E-state index contributed by atoms with van der Waals surface area (Å²) < 4.78 is 37.9. The number of hydrogen-bond donors (Lipinski definition) is 2. The minimum atomic E-state index is -4.46. The van der Waals surface area contributed by atoms with Crippen molar-refractivity contribution >= 4 is 17.4 Å². The largest absolute Gasteiger partial charge is 0.416 e. The Morgan fingerprint density at radius 1 is 1.37 bits per heavy atom. The molecule has 1 aromatic heterocycles. The molecule has 0 spiro atoms. The predicted molar refractivity (Wildman–Crippen MR) is 68.2 cm³/mol. The van der Waals surface area contributed by atoms with Gasteiger partial charge in [0.1, 0.15) is 11.0 Å². The number of nitrogens with one attached hydrogen (secondary N) is 1. The van der Waals surface area contributed by atoms with Crippen molar-refractivity contribution in [1.29, 1.82) is 0 Å². The van der Waals surface area contributed by atoms with Crippen LogP contribution in [0.25, 0.3) is 0 Å². The van der Waals surface area contributed by atoms with Crippen LogP contribution in [0.4, 0.5) is 19.0 Å². The summed E-state index contributed by atoms with van der Waals surface area (Å²) >= 11 is 5.60. The molecular formula is C12H16ClF3N2O. The Morgan fingerprint density at radius 3 is 2.47 bits per heavy atom. The number of aliphatic hydroxyl groups excluding tert-OH is 1. The molecule has 108 valence electrons. The highest BCUT2D eigenvalue weighted by Gasteiger charge is 2.31. The normalized spacial score (nSPS) is 13.7. The molecule has 1 atom stereocenters. The average Bonchev–Trinajstić information content (AvgIpc) is 2.26. The first-order valence-corrected chi connectivity index (χ1v) is 6.24. The summed E-state index contributed by atoms with van der Waals surface area (Å²) in [6, 6.07) is 1.53. The Labute approximate surface area is 114 Å². The zero-order valence-corrected chi connectivity index (χ0v) is 11.4. The molecule has 0 amide bonds. The molecule has 7 heteroatoms. The average molecular weight is 297 g/mol. The first-order valence-electron chi connectivity index (χ1n) is 5.86. The molecule has 0 aromatic carbocycles. The van der Waals surface area contributed by atoms with Crippen LogP contribution in [0.3, 0.4) is 0 Å². The highest BCUT2D eigenvalue weighted by Crippen LogP contribution is 2.32. The molecule has 0 aliphatic heterocycles. The lowest BCUT2D eigenvalue weighted by Gasteiger charge is -2.22. The van der Waals surface area contributed by atoms with E-state index in [-0.39, 0.29) is 29.5 Å². The number of anilines is 1. The van der Waals surface area contributed by atoms with Gasteiger partial charge in [0.05, 0.1) is 5.56 Å². The summed E-state index contributed by atoms with van der Waals surface area (Å²) in [4.78, 5) is 3.82. The lowest BCUT2D eigenvalue weighted by Crippen LogP contribution is -2.27. The van der Waals surface area contributed by atoms with Crippen LogP contribution in [0.2, 0.25) is 5.15 Å². The third kappa shape index (κ3) is 4.87. The fourth-order valence-corrected chi connectivity index (χ4v) is 1.84. The Morgan fingerprint density at radius 2 is 2.00 bits per heavy atom. The quantitative estimate of drug-likeness (QED) is 0.817. The van der Waals surface area contributed by atoms with E-state index < -0.39 is 11.7 Å². The molecule has 1 aromatic rings. The molecular weight excluding hydrogens is 281 g/mol. The van der Waals surface area contributed by atoms with E-state index in [0.29, 0.717) is 6.42 Å². The minimum Gasteiger partial charge on any atom is -0.396 e. The van der Waals surface area contributed by atoms with E-state index in [1.165, 1.54) is 0 Å². The molecule has 0 aliphatic carbocycles. The Hall–Kier alpha value is -1.01. The van der Waals surface area contributed by atoms with Crippen LogP contribution >= 0.6 is 11.6 Å². The number of aromatic nitrogens is 1. The van der Waals surface area contributed by atoms with Gasteiger partial charge in [0.25, 0.3) is 0 Å². The standard InChI is InChI=1S/C12H16ClF3N2O/c1-7(2)9(3-4-19)17-11-6-8(12(14,15)16)5-10(13)18-11/h5-7,9,19H,3-4H2,1-2H3,(H,17,18). The lowest BCUT2D eigenvalue weighted by molar-refractivity contribution is -0.137. The maximum atomic E-state index is 12.6. The Kier molecular flexibility index (Phi) is 5.43. The third-order valence-electron chi connectivity index (χ3n) is 2.70. The lowest BCUT2D eigenvalue weighted by atomic mass is 10.0. The van der Waals surface area contributed by atoms with Crippen molar-refractivity contribution in [3.8, 4) is 0 Å². The smallest absolute Gasteiger partial charge is 0.396 e. The summed E-state index contributed by atoms with van der Waals surface area (Å²) in [6.45, 7) is 3.76. The summed E-state index contributed by atoms with van der Waals surface area (Å²) in [5, 5.41) is 11.6. The minimum absolute atomic E-state index is 0.0530. The summed E-state index contributed by atoms with van der Waals surface area (Å²) in [7, 11) is 0. The fourth-order valence-electron chi connectivity index (χ4n) is 1.64. The van der Waals surface area contributed by atoms with Crippen molar-refractivity contribution in [2.45, 2.75) is 32.5 Å². The molecule has 19 heavy (non-hydrogen) atoms. The van der Waals surface area contributed by atoms with E-state index in [1.54, 1.807) is 0 Å². The van der Waals surface area contributed by atoms with Gasteiger partial charge in [0.2, 0.25) is 0 Å². The highest BCUT2D eigenvalue weighted by atomic mass is 35.5. The van der Waals surface area contributed by atoms with Crippen LogP contribution in [-0.2, 0) is 6.18 Å². The number of rotatable bonds is 5. The van der Waals surface area contributed by atoms with E-state index in [4.69, 9.17) is 16.7 Å². The SMILES string of the molecule is CC(C)C(CCO)Nc1cc(C(F)(F)F)cc(Cl)n1. The van der Waals surface area contributed by atoms with Crippen LogP contribution < -0.4 is 5.32 Å². The summed E-state index contributed by atoms with van der Waals surface area (Å²) in [5.74, 6) is 0.203. The number of nitrogens with zero attached hydrogens (tertiary/aromatic N) is 1. The second-order valence-corrected chi connectivity index (χ2v) is 4.96. The van der Waals surface area contributed by atoms with Crippen LogP contribution in [-0.4, -0.2) is 22.7 Å². The van der Waals surface area contributed by atoms with Gasteiger partial charge in [0.15, 0.2) is 0 Å². The van der Waals surface area contributed by atoms with Gasteiger partial charge < -0.3 is 10.4 Å². The molecule has 2 N–H and O–H groups in total. The fraction of sp³-hybridized carbons (Fsp3) is 0.583. The van der Waals surface area contributed by atoms with Gasteiger partial charge in [-0.3, -0.25) is 0 Å². The Bertz CT molecular complexity index is 424. The number of hydrogen-bond acceptors (Lipinski definition) is 3. The molecule has 1 heterocycles. The molecule has 0 radical (unpaired) electrons. The first kappa shape index (κ1) is 16.0. The molecule has 0 saturated carbocycles. The number of pyridine rings is 1. The van der Waals surface area contributed by atoms with Crippen molar-refractivity contribution in [2.75, 3.05) is 11.9 Å². The molecule has 1 unspecified atom stereocenters. The van der Waals surface area contributed by atoms with Gasteiger partial charge in [-0.2, -0.15) is 13.2 Å². The monoisotopic (exact) mass is 296 g/mol. The van der Waals surface area contributed by atoms with Crippen LogP contribution in [0.1, 0.15) is 25.8 Å². The van der Waals surface area contributed by atoms with Gasteiger partial charge in [-0.25, -0.2) is 4.98 Å². The van der Waals surface area contributed by atoms with Gasteiger partial charge >= 0.3 is 6.18 Å². The van der Waals surface area contributed by atoms with E-state index in [9.17, 15) is 13.2 Å². The molecule has 3 nitrogen and oxygen atoms in total. The molecule has 0 bridgehead atoms. The van der Waals surface area contributed by atoms with E-state index in [2.05, 4.69) is 10.3 Å². The van der Waals surface area contributed by atoms with E-state index in [0.717, 1.165) is 12.1 Å². The highest BCUT2D eigenvalue weighted by molar-refractivity contribution is 6.29. The third-order valence-corrected chi connectivity index (χ3v) is 2.89. The predicted octanol–water partition coefficient (Wildman–Crippen LogP) is 3.57. The van der Waals surface area contributed by atoms with E-state index >= 15 is 0 Å². The number of aliphatic hydroxyl groups is 1. The number of halogens is 4. The first-order chi connectivity index (χ1) is 8.74. The molecule has 0 fully saturated rings. The molecule has 0 aliphatic rings. The van der Waals surface area contributed by atoms with Crippen LogP contribution in [0.5, 0.6) is 0 Å². The van der Waals surface area contributed by atoms with Crippen molar-refractivity contribution in [2.24, 2.45) is 5.92 Å². The summed E-state index contributed by atoms with van der Waals surface area (Å²) in [6.07, 6.45) is -4.04. The van der Waals surface area contributed by atoms with Crippen molar-refractivity contribution in [3.63, 3.8) is 0 Å². The van der Waals surface area contributed by atoms with Crippen molar-refractivity contribution in [3.05, 3.63) is 22.8 Å². The maximum Gasteiger partial charge on any atom is 0.416 e. The zero-order valence-electron chi connectivity index (χ0n) is 10.6. The van der Waals surface area contributed by atoms with Gasteiger partial charge in [0, 0.05) is 12.6 Å². The van der Waals surface area contributed by atoms with Crippen LogP contribution in [0.15, 0.2) is 12.1 Å². The van der Waals surface area contributed by atoms with Gasteiger partial charge in [-0.15, -0.1) is 0 Å². The number of alkyl halides is 3. The van der Waals surface area contributed by atoms with Crippen molar-refractivity contribution in [1.82, 2.24) is 4.98 Å². The molecule has 1 rings (SSSR count). The second-order valence-electron chi connectivity index (χ2n) is 4.57.